The van der Waals surface area contributed by atoms with E-state index >= 15 is 0 Å². The number of aryl methyl sites for hydroxylation is 1. The van der Waals surface area contributed by atoms with Gasteiger partial charge in [0, 0.05) is 31.9 Å². The Morgan fingerprint density at radius 3 is 2.29 bits per heavy atom. The summed E-state index contributed by atoms with van der Waals surface area (Å²) in [5, 5.41) is 15.6. The van der Waals surface area contributed by atoms with Crippen LogP contribution in [0.2, 0.25) is 0 Å². The van der Waals surface area contributed by atoms with Crippen molar-refractivity contribution in [3.63, 3.8) is 0 Å². The number of carbonyl (C=O) groups is 1. The average Bonchev–Trinajstić information content (AvgIpc) is 3.51. The first kappa shape index (κ1) is 28.0. The maximum Gasteiger partial charge on any atom is 0.226 e. The van der Waals surface area contributed by atoms with E-state index in [-0.39, 0.29) is 5.91 Å². The van der Waals surface area contributed by atoms with Crippen molar-refractivity contribution in [2.75, 3.05) is 17.2 Å². The Morgan fingerprint density at radius 1 is 0.912 bits per heavy atom. The van der Waals surface area contributed by atoms with Gasteiger partial charge in [0.05, 0.1) is 6.33 Å². The van der Waals surface area contributed by atoms with Gasteiger partial charge in [0.2, 0.25) is 16.2 Å². The molecule has 0 spiro atoms. The van der Waals surface area contributed by atoms with E-state index in [2.05, 4.69) is 44.9 Å². The van der Waals surface area contributed by atoms with Crippen LogP contribution in [0.1, 0.15) is 103 Å². The largest absolute Gasteiger partial charge is 0.360 e. The summed E-state index contributed by atoms with van der Waals surface area (Å²) in [7, 11) is 0. The van der Waals surface area contributed by atoms with Crippen LogP contribution >= 0.6 is 11.3 Å². The first-order valence-corrected chi connectivity index (χ1v) is 14.1. The van der Waals surface area contributed by atoms with Gasteiger partial charge in [-0.15, -0.1) is 10.2 Å². The summed E-state index contributed by atoms with van der Waals surface area (Å²) in [6, 6.07) is 0. The molecule has 34 heavy (non-hydrogen) atoms. The smallest absolute Gasteiger partial charge is 0.226 e. The van der Waals surface area contributed by atoms with Crippen LogP contribution in [0, 0.1) is 0 Å². The van der Waals surface area contributed by atoms with Crippen molar-refractivity contribution in [3.05, 3.63) is 30.9 Å². The molecule has 190 valence electrons. The first-order valence-electron chi connectivity index (χ1n) is 13.3. The van der Waals surface area contributed by atoms with Crippen molar-refractivity contribution in [2.24, 2.45) is 0 Å². The van der Waals surface area contributed by atoms with Gasteiger partial charge in [-0.3, -0.25) is 4.79 Å². The molecule has 2 rings (SSSR count). The molecule has 0 atom stereocenters. The summed E-state index contributed by atoms with van der Waals surface area (Å²) in [6.45, 7) is 3.98. The number of rotatable bonds is 21. The predicted octanol–water partition coefficient (Wildman–Crippen LogP) is 7.21. The van der Waals surface area contributed by atoms with E-state index in [1.165, 1.54) is 82.0 Å². The maximum absolute atomic E-state index is 12.1. The van der Waals surface area contributed by atoms with E-state index in [9.17, 15) is 4.79 Å². The maximum atomic E-state index is 12.1. The van der Waals surface area contributed by atoms with Crippen molar-refractivity contribution in [3.8, 4) is 0 Å². The number of hydrogen-bond donors (Lipinski definition) is 2. The number of nitrogens with zero attached hydrogens (tertiary/aromatic N) is 4. The van der Waals surface area contributed by atoms with Crippen molar-refractivity contribution < 1.29 is 4.79 Å². The second-order valence-corrected chi connectivity index (χ2v) is 9.85. The van der Waals surface area contributed by atoms with E-state index in [4.69, 9.17) is 0 Å². The number of unbranched alkanes of at least 4 members (excludes halogenated alkanes) is 11. The standard InChI is InChI=1S/C26H44N6OS/c1-2-3-4-5-6-7-8-9-10-11-12-13-14-15-16-18-24(33)29-26-31-30-25(34-26)28-19-17-21-32-22-20-27-23-32/h9-10,20,22-23H,2-8,11-19,21H2,1H3,(H,28,30)(H,29,31,33)/b10-9+. The molecule has 0 aliphatic heterocycles. The zero-order valence-corrected chi connectivity index (χ0v) is 21.8. The Balaban J connectivity index is 1.38. The van der Waals surface area contributed by atoms with Gasteiger partial charge in [-0.25, -0.2) is 4.98 Å². The van der Waals surface area contributed by atoms with Gasteiger partial charge < -0.3 is 15.2 Å². The summed E-state index contributed by atoms with van der Waals surface area (Å²) in [5.74, 6) is 0.0282. The van der Waals surface area contributed by atoms with Crippen LogP contribution in [-0.2, 0) is 11.3 Å². The molecular weight excluding hydrogens is 444 g/mol. The Kier molecular flexibility index (Phi) is 15.8. The van der Waals surface area contributed by atoms with E-state index in [0.29, 0.717) is 11.6 Å². The molecule has 0 bridgehead atoms. The normalized spacial score (nSPS) is 11.3. The minimum absolute atomic E-state index is 0.0282. The molecule has 8 heteroatoms. The summed E-state index contributed by atoms with van der Waals surface area (Å²) in [4.78, 5) is 16.2. The van der Waals surface area contributed by atoms with Gasteiger partial charge in [-0.2, -0.15) is 0 Å². The third-order valence-electron chi connectivity index (χ3n) is 5.77. The number of imidazole rings is 1. The molecule has 0 saturated heterocycles. The monoisotopic (exact) mass is 488 g/mol. The van der Waals surface area contributed by atoms with Gasteiger partial charge in [-0.05, 0) is 38.5 Å². The van der Waals surface area contributed by atoms with Crippen LogP contribution in [0.5, 0.6) is 0 Å². The van der Waals surface area contributed by atoms with Crippen LogP contribution in [0.25, 0.3) is 0 Å². The third-order valence-corrected chi connectivity index (χ3v) is 6.56. The summed E-state index contributed by atoms with van der Waals surface area (Å²) in [5.41, 5.74) is 0. The predicted molar refractivity (Wildman–Crippen MR) is 143 cm³/mol. The fourth-order valence-electron chi connectivity index (χ4n) is 3.76. The zero-order valence-electron chi connectivity index (χ0n) is 21.0. The Bertz CT molecular complexity index is 774. The number of aromatic nitrogens is 4. The molecule has 2 aromatic rings. The molecule has 0 unspecified atom stereocenters. The van der Waals surface area contributed by atoms with Crippen molar-refractivity contribution >= 4 is 27.5 Å². The molecule has 0 aliphatic carbocycles. The molecule has 0 aliphatic rings. The highest BCUT2D eigenvalue weighted by Gasteiger charge is 2.08. The van der Waals surface area contributed by atoms with Crippen LogP contribution in [0.4, 0.5) is 10.3 Å². The number of allylic oxidation sites excluding steroid dienone is 2. The Labute approximate surface area is 209 Å². The summed E-state index contributed by atoms with van der Waals surface area (Å²) >= 11 is 1.38. The lowest BCUT2D eigenvalue weighted by molar-refractivity contribution is -0.116. The minimum atomic E-state index is 0.0282. The molecule has 1 amide bonds. The molecule has 2 N–H and O–H groups in total. The summed E-state index contributed by atoms with van der Waals surface area (Å²) < 4.78 is 2.04. The average molecular weight is 489 g/mol. The number of hydrogen-bond acceptors (Lipinski definition) is 6. The Hall–Kier alpha value is -2.22. The van der Waals surface area contributed by atoms with E-state index in [1.807, 2.05) is 17.1 Å². The lowest BCUT2D eigenvalue weighted by atomic mass is 10.1. The fourth-order valence-corrected chi connectivity index (χ4v) is 4.44. The highest BCUT2D eigenvalue weighted by atomic mass is 32.1. The molecule has 2 aromatic heterocycles. The highest BCUT2D eigenvalue weighted by Crippen LogP contribution is 2.20. The van der Waals surface area contributed by atoms with E-state index < -0.39 is 0 Å². The topological polar surface area (TPSA) is 84.7 Å². The minimum Gasteiger partial charge on any atom is -0.360 e. The second-order valence-electron chi connectivity index (χ2n) is 8.88. The molecule has 0 radical (unpaired) electrons. The summed E-state index contributed by atoms with van der Waals surface area (Å²) in [6.07, 6.45) is 28.1. The fraction of sp³-hybridized carbons (Fsp3) is 0.692. The number of anilines is 2. The SMILES string of the molecule is CCCCCCCC/C=C/CCCCCCCC(=O)Nc1nnc(NCCCn2ccnc2)s1. The van der Waals surface area contributed by atoms with Crippen molar-refractivity contribution in [1.29, 1.82) is 0 Å². The van der Waals surface area contributed by atoms with E-state index in [1.54, 1.807) is 6.20 Å². The van der Waals surface area contributed by atoms with Gasteiger partial charge >= 0.3 is 0 Å². The van der Waals surface area contributed by atoms with Gasteiger partial charge in [0.1, 0.15) is 0 Å². The first-order chi connectivity index (χ1) is 16.8. The zero-order chi connectivity index (χ0) is 24.1. The Morgan fingerprint density at radius 2 is 1.59 bits per heavy atom. The molecule has 7 nitrogen and oxygen atoms in total. The number of nitrogens with one attached hydrogen (secondary N) is 2. The lowest BCUT2D eigenvalue weighted by Crippen LogP contribution is -2.10. The van der Waals surface area contributed by atoms with Crippen molar-refractivity contribution in [1.82, 2.24) is 19.7 Å². The number of carbonyl (C=O) groups excluding carboxylic acids is 1. The van der Waals surface area contributed by atoms with Crippen LogP contribution < -0.4 is 10.6 Å². The van der Waals surface area contributed by atoms with E-state index in [0.717, 1.165) is 37.5 Å². The van der Waals surface area contributed by atoms with Gasteiger partial charge in [0.25, 0.3) is 0 Å². The molecule has 0 saturated carbocycles. The number of amides is 1. The van der Waals surface area contributed by atoms with Crippen LogP contribution in [0.15, 0.2) is 30.9 Å². The van der Waals surface area contributed by atoms with Crippen molar-refractivity contribution in [2.45, 2.75) is 110 Å². The van der Waals surface area contributed by atoms with Gasteiger partial charge in [-0.1, -0.05) is 81.8 Å². The highest BCUT2D eigenvalue weighted by molar-refractivity contribution is 7.19. The third kappa shape index (κ3) is 14.1. The molecule has 2 heterocycles. The molecule has 0 fully saturated rings. The second kappa shape index (κ2) is 19.1. The van der Waals surface area contributed by atoms with Crippen LogP contribution in [0.3, 0.4) is 0 Å². The molecule has 0 aromatic carbocycles. The quantitative estimate of drug-likeness (QED) is 0.143. The lowest BCUT2D eigenvalue weighted by Gasteiger charge is -2.03. The van der Waals surface area contributed by atoms with Crippen LogP contribution in [-0.4, -0.2) is 32.2 Å². The molecular formula is C26H44N6OS. The van der Waals surface area contributed by atoms with Gasteiger partial charge in [0.15, 0.2) is 0 Å².